The number of carbonyl (C=O) groups is 2. The summed E-state index contributed by atoms with van der Waals surface area (Å²) in [5.74, 6) is 1.02. The minimum Gasteiger partial charge on any atom is -0.395 e. The Balaban J connectivity index is 1.30. The van der Waals surface area contributed by atoms with E-state index in [2.05, 4.69) is 30.6 Å². The summed E-state index contributed by atoms with van der Waals surface area (Å²) in [5, 5.41) is 24.0. The lowest BCUT2D eigenvalue weighted by molar-refractivity contribution is -0.113. The van der Waals surface area contributed by atoms with E-state index in [4.69, 9.17) is 5.11 Å². The van der Waals surface area contributed by atoms with Crippen molar-refractivity contribution >= 4 is 46.5 Å². The van der Waals surface area contributed by atoms with Crippen molar-refractivity contribution in [3.05, 3.63) is 81.1 Å². The van der Waals surface area contributed by atoms with Crippen molar-refractivity contribution in [1.29, 1.82) is 0 Å². The molecule has 1 fully saturated rings. The highest BCUT2D eigenvalue weighted by Gasteiger charge is 2.27. The molecule has 12 heteroatoms. The first-order valence-electron chi connectivity index (χ1n) is 14.5. The number of amides is 1. The van der Waals surface area contributed by atoms with Gasteiger partial charge in [-0.25, -0.2) is 0 Å². The van der Waals surface area contributed by atoms with Crippen LogP contribution in [0.15, 0.2) is 70.0 Å². The Morgan fingerprint density at radius 1 is 1.09 bits per heavy atom. The number of carbonyl (C=O) groups excluding carboxylic acids is 2. The highest BCUT2D eigenvalue weighted by Crippen LogP contribution is 2.39. The normalized spacial score (nSPS) is 17.1. The molecule has 230 valence electrons. The second kappa shape index (κ2) is 13.6. The third kappa shape index (κ3) is 7.09. The van der Waals surface area contributed by atoms with Gasteiger partial charge >= 0.3 is 0 Å². The fraction of sp³-hybridized carbons (Fsp3) is 0.344. The van der Waals surface area contributed by atoms with E-state index in [9.17, 15) is 14.4 Å². The van der Waals surface area contributed by atoms with E-state index in [0.29, 0.717) is 28.6 Å². The predicted octanol–water partition coefficient (Wildman–Crippen LogP) is 3.48. The van der Waals surface area contributed by atoms with E-state index in [-0.39, 0.29) is 29.1 Å². The van der Waals surface area contributed by atoms with Gasteiger partial charge in [0.05, 0.1) is 16.8 Å². The van der Waals surface area contributed by atoms with Gasteiger partial charge in [-0.15, -0.1) is 22.0 Å². The molecule has 4 heterocycles. The molecule has 11 nitrogen and oxygen atoms in total. The van der Waals surface area contributed by atoms with E-state index < -0.39 is 0 Å². The van der Waals surface area contributed by atoms with E-state index in [1.165, 1.54) is 23.3 Å². The van der Waals surface area contributed by atoms with E-state index in [1.54, 1.807) is 25.4 Å². The maximum Gasteiger partial charge on any atom is 0.274 e. The van der Waals surface area contributed by atoms with Gasteiger partial charge in [0, 0.05) is 57.2 Å². The van der Waals surface area contributed by atoms with Crippen LogP contribution in [0, 0.1) is 6.92 Å². The summed E-state index contributed by atoms with van der Waals surface area (Å²) < 4.78 is 1.52. The van der Waals surface area contributed by atoms with Crippen LogP contribution >= 0.6 is 11.8 Å². The summed E-state index contributed by atoms with van der Waals surface area (Å²) in [6.45, 7) is 9.48. The van der Waals surface area contributed by atoms with Crippen molar-refractivity contribution in [3.63, 3.8) is 0 Å². The van der Waals surface area contributed by atoms with Crippen LogP contribution in [0.2, 0.25) is 0 Å². The van der Waals surface area contributed by atoms with Gasteiger partial charge in [0.1, 0.15) is 5.69 Å². The molecule has 44 heavy (non-hydrogen) atoms. The number of piperazine rings is 1. The number of aryl methyl sites for hydroxylation is 1. The molecule has 2 aromatic heterocycles. The predicted molar refractivity (Wildman–Crippen MR) is 175 cm³/mol. The summed E-state index contributed by atoms with van der Waals surface area (Å²) in [4.78, 5) is 42.3. The summed E-state index contributed by atoms with van der Waals surface area (Å²) >= 11 is 1.43. The lowest BCUT2D eigenvalue weighted by Gasteiger charge is -2.34. The topological polar surface area (TPSA) is 133 Å². The molecule has 2 aliphatic rings. The number of benzene rings is 1. The van der Waals surface area contributed by atoms with Crippen LogP contribution in [0.1, 0.15) is 19.4 Å². The van der Waals surface area contributed by atoms with Crippen LogP contribution in [0.4, 0.5) is 23.0 Å². The molecule has 1 aromatic carbocycles. The summed E-state index contributed by atoms with van der Waals surface area (Å²) in [6.07, 6.45) is 5.23. The smallest absolute Gasteiger partial charge is 0.274 e. The van der Waals surface area contributed by atoms with Crippen LogP contribution in [0.3, 0.4) is 0 Å². The lowest BCUT2D eigenvalue weighted by Crippen LogP contribution is -2.47. The highest BCUT2D eigenvalue weighted by molar-refractivity contribution is 8.06. The molecule has 1 unspecified atom stereocenters. The molecule has 1 atom stereocenters. The number of nitrogens with one attached hydrogen (secondary N) is 2. The van der Waals surface area contributed by atoms with Gasteiger partial charge in [0.15, 0.2) is 17.4 Å². The number of aliphatic hydroxyl groups excluding tert-OH is 1. The summed E-state index contributed by atoms with van der Waals surface area (Å²) in [6, 6.07) is 11.2. The number of ketones is 1. The van der Waals surface area contributed by atoms with Crippen molar-refractivity contribution in [1.82, 2.24) is 19.7 Å². The van der Waals surface area contributed by atoms with Gasteiger partial charge in [0.2, 0.25) is 0 Å². The molecule has 2 aliphatic heterocycles. The van der Waals surface area contributed by atoms with E-state index in [1.807, 2.05) is 50.3 Å². The Bertz CT molecular complexity index is 1670. The number of β-amino-alcohol motifs (C(OH)–C–C–N with tert-alkyl or cyclic N) is 1. The largest absolute Gasteiger partial charge is 0.395 e. The average Bonchev–Trinajstić information content (AvgIpc) is 2.96. The third-order valence-corrected chi connectivity index (χ3v) is 9.10. The minimum absolute atomic E-state index is 0.00929. The first-order chi connectivity index (χ1) is 21.1. The van der Waals surface area contributed by atoms with E-state index in [0.717, 1.165) is 54.3 Å². The zero-order chi connectivity index (χ0) is 31.4. The third-order valence-electron chi connectivity index (χ3n) is 7.76. The molecule has 0 saturated carbocycles. The molecule has 0 aliphatic carbocycles. The quantitative estimate of drug-likeness (QED) is 0.291. The first-order valence-corrected chi connectivity index (χ1v) is 15.4. The minimum atomic E-state index is -0.209. The lowest BCUT2D eigenvalue weighted by atomic mass is 10.00. The number of nitrogens with zero attached hydrogens (tertiary/aromatic N) is 5. The second-order valence-electron chi connectivity index (χ2n) is 11.0. The number of anilines is 4. The van der Waals surface area contributed by atoms with Crippen molar-refractivity contribution in [3.8, 4) is 11.1 Å². The molecule has 3 N–H and O–H groups in total. The Morgan fingerprint density at radius 2 is 1.84 bits per heavy atom. The molecular formula is C32H37N7O4S. The fourth-order valence-electron chi connectivity index (χ4n) is 5.29. The van der Waals surface area contributed by atoms with Gasteiger partial charge in [-0.05, 0) is 68.3 Å². The van der Waals surface area contributed by atoms with Gasteiger partial charge in [-0.1, -0.05) is 17.7 Å². The number of aliphatic hydroxyl groups is 1. The van der Waals surface area contributed by atoms with Crippen molar-refractivity contribution in [2.45, 2.75) is 26.0 Å². The molecule has 1 saturated heterocycles. The monoisotopic (exact) mass is 615 g/mol. The van der Waals surface area contributed by atoms with Crippen molar-refractivity contribution in [2.75, 3.05) is 54.9 Å². The van der Waals surface area contributed by atoms with Crippen LogP contribution < -0.4 is 21.1 Å². The number of rotatable bonds is 10. The maximum atomic E-state index is 13.0. The molecule has 0 spiro atoms. The fourth-order valence-corrected chi connectivity index (χ4v) is 6.17. The molecular weight excluding hydrogens is 578 g/mol. The second-order valence-corrected chi connectivity index (χ2v) is 12.2. The van der Waals surface area contributed by atoms with Crippen LogP contribution in [-0.4, -0.2) is 81.0 Å². The molecule has 3 aromatic rings. The highest BCUT2D eigenvalue weighted by atomic mass is 32.2. The average molecular weight is 616 g/mol. The van der Waals surface area contributed by atoms with Gasteiger partial charge in [-0.3, -0.25) is 19.3 Å². The van der Waals surface area contributed by atoms with Crippen LogP contribution in [0.25, 0.3) is 11.1 Å². The van der Waals surface area contributed by atoms with Gasteiger partial charge in [0.25, 0.3) is 11.5 Å². The van der Waals surface area contributed by atoms with Gasteiger partial charge < -0.3 is 25.2 Å². The SMILES string of the molecule is CC(=O)/C=C(/C)C1C=C(C(=O)Nc2cccc(-c3cc(Nc4ccc(N5CCN(CCO)CC5)nn4)c(=O)n(C)c3)c2C)S1. The van der Waals surface area contributed by atoms with Gasteiger partial charge in [-0.2, -0.15) is 0 Å². The van der Waals surface area contributed by atoms with Crippen LogP contribution in [-0.2, 0) is 16.6 Å². The first kappa shape index (κ1) is 31.2. The van der Waals surface area contributed by atoms with Crippen molar-refractivity contribution < 1.29 is 14.7 Å². The Morgan fingerprint density at radius 3 is 2.50 bits per heavy atom. The Kier molecular flexibility index (Phi) is 9.62. The zero-order valence-corrected chi connectivity index (χ0v) is 26.1. The number of hydrogen-bond acceptors (Lipinski definition) is 10. The molecule has 0 radical (unpaired) electrons. The van der Waals surface area contributed by atoms with Crippen LogP contribution in [0.5, 0.6) is 0 Å². The van der Waals surface area contributed by atoms with Crippen molar-refractivity contribution in [2.24, 2.45) is 7.05 Å². The number of aromatic nitrogens is 3. The maximum absolute atomic E-state index is 13.0. The van der Waals surface area contributed by atoms with E-state index >= 15 is 0 Å². The molecule has 1 amide bonds. The Labute approximate surface area is 260 Å². The standard InChI is InChI=1S/C32H37N7O4S/c1-20(16-21(2)41)27-18-28(44-27)31(42)34-25-7-5-6-24(22(25)3)23-17-26(32(43)37(4)19-23)33-29-8-9-30(36-35-29)39-12-10-38(11-13-39)14-15-40/h5-9,16-19,27,40H,10-15H2,1-4H3,(H,33,35)(H,34,42)/b20-16-. The summed E-state index contributed by atoms with van der Waals surface area (Å²) in [5.41, 5.74) is 4.28. The Hall–Kier alpha value is -4.26. The zero-order valence-electron chi connectivity index (χ0n) is 25.3. The number of allylic oxidation sites excluding steroid dienone is 1. The molecule has 5 rings (SSSR count). The summed E-state index contributed by atoms with van der Waals surface area (Å²) in [7, 11) is 1.70. The molecule has 0 bridgehead atoms. The number of pyridine rings is 1. The number of thioether (sulfide) groups is 1. The number of hydrogen-bond donors (Lipinski definition) is 3.